The number of nitrogens with two attached hydrogens (primary N) is 1. The second-order valence-corrected chi connectivity index (χ2v) is 4.71. The average molecular weight is 291 g/mol. The molecule has 0 aliphatic carbocycles. The van der Waals surface area contributed by atoms with Crippen molar-refractivity contribution < 1.29 is 14.2 Å². The predicted molar refractivity (Wildman–Crippen MR) is 79.0 cm³/mol. The highest BCUT2D eigenvalue weighted by Gasteiger charge is 2.06. The highest BCUT2D eigenvalue weighted by Crippen LogP contribution is 2.16. The zero-order chi connectivity index (χ0) is 14.5. The van der Waals surface area contributed by atoms with E-state index in [1.54, 1.807) is 36.4 Å². The van der Waals surface area contributed by atoms with Crippen molar-refractivity contribution in [2.45, 2.75) is 13.2 Å². The van der Waals surface area contributed by atoms with Gasteiger partial charge in [0.2, 0.25) is 0 Å². The van der Waals surface area contributed by atoms with Crippen molar-refractivity contribution in [3.05, 3.63) is 65.0 Å². The SMILES string of the molecule is NC(=S)c1cc(COc2ccc(CO)cc2)ccc1F. The van der Waals surface area contributed by atoms with Crippen LogP contribution in [0.1, 0.15) is 16.7 Å². The number of hydrogen-bond acceptors (Lipinski definition) is 3. The monoisotopic (exact) mass is 291 g/mol. The van der Waals surface area contributed by atoms with Gasteiger partial charge in [-0.1, -0.05) is 30.4 Å². The van der Waals surface area contributed by atoms with Crippen LogP contribution >= 0.6 is 12.2 Å². The number of hydrogen-bond donors (Lipinski definition) is 2. The highest BCUT2D eigenvalue weighted by molar-refractivity contribution is 7.80. The Kier molecular flexibility index (Phi) is 4.65. The Morgan fingerprint density at radius 2 is 1.80 bits per heavy atom. The van der Waals surface area contributed by atoms with Crippen LogP contribution < -0.4 is 10.5 Å². The van der Waals surface area contributed by atoms with E-state index in [1.807, 2.05) is 0 Å². The first-order chi connectivity index (χ1) is 9.60. The summed E-state index contributed by atoms with van der Waals surface area (Å²) < 4.78 is 19.0. The van der Waals surface area contributed by atoms with Crippen LogP contribution in [0.5, 0.6) is 5.75 Å². The van der Waals surface area contributed by atoms with Gasteiger partial charge in [0.05, 0.1) is 6.61 Å². The standard InChI is InChI=1S/C15H14FNO2S/c16-14-6-3-11(7-13(14)15(17)20)9-19-12-4-1-10(8-18)2-5-12/h1-7,18H,8-9H2,(H2,17,20). The summed E-state index contributed by atoms with van der Waals surface area (Å²) in [6.07, 6.45) is 0. The molecule has 0 amide bonds. The Morgan fingerprint density at radius 1 is 1.15 bits per heavy atom. The van der Waals surface area contributed by atoms with E-state index >= 15 is 0 Å². The van der Waals surface area contributed by atoms with Gasteiger partial charge < -0.3 is 15.6 Å². The van der Waals surface area contributed by atoms with Crippen molar-refractivity contribution in [3.63, 3.8) is 0 Å². The Morgan fingerprint density at radius 3 is 2.40 bits per heavy atom. The molecule has 0 atom stereocenters. The van der Waals surface area contributed by atoms with Crippen LogP contribution in [0.4, 0.5) is 4.39 Å². The number of ether oxygens (including phenoxy) is 1. The number of thiocarbonyl (C=S) groups is 1. The van der Waals surface area contributed by atoms with Crippen molar-refractivity contribution in [1.82, 2.24) is 0 Å². The van der Waals surface area contributed by atoms with Crippen molar-refractivity contribution in [3.8, 4) is 5.75 Å². The van der Waals surface area contributed by atoms with E-state index in [1.165, 1.54) is 6.07 Å². The summed E-state index contributed by atoms with van der Waals surface area (Å²) >= 11 is 4.79. The smallest absolute Gasteiger partial charge is 0.133 e. The summed E-state index contributed by atoms with van der Waals surface area (Å²) in [5.41, 5.74) is 7.26. The molecule has 2 aromatic carbocycles. The summed E-state index contributed by atoms with van der Waals surface area (Å²) in [7, 11) is 0. The van der Waals surface area contributed by atoms with Gasteiger partial charge in [-0.25, -0.2) is 4.39 Å². The van der Waals surface area contributed by atoms with Crippen LogP contribution in [0.25, 0.3) is 0 Å². The van der Waals surface area contributed by atoms with Gasteiger partial charge in [-0.3, -0.25) is 0 Å². The molecule has 0 unspecified atom stereocenters. The van der Waals surface area contributed by atoms with Gasteiger partial charge in [0.1, 0.15) is 23.2 Å². The Labute approximate surface area is 121 Å². The number of halogens is 1. The molecule has 0 radical (unpaired) electrons. The fraction of sp³-hybridized carbons (Fsp3) is 0.133. The zero-order valence-electron chi connectivity index (χ0n) is 10.7. The molecule has 0 aromatic heterocycles. The molecule has 0 aliphatic heterocycles. The van der Waals surface area contributed by atoms with E-state index in [0.717, 1.165) is 11.1 Å². The van der Waals surface area contributed by atoms with Crippen molar-refractivity contribution in [2.75, 3.05) is 0 Å². The summed E-state index contributed by atoms with van der Waals surface area (Å²) in [5.74, 6) is 0.233. The molecule has 0 saturated heterocycles. The van der Waals surface area contributed by atoms with Gasteiger partial charge in [-0.2, -0.15) is 0 Å². The molecule has 5 heteroatoms. The molecular formula is C15H14FNO2S. The Hall–Kier alpha value is -1.98. The Balaban J connectivity index is 2.06. The van der Waals surface area contributed by atoms with Crippen molar-refractivity contribution in [2.24, 2.45) is 5.73 Å². The van der Waals surface area contributed by atoms with E-state index in [2.05, 4.69) is 0 Å². The minimum Gasteiger partial charge on any atom is -0.489 e. The van der Waals surface area contributed by atoms with Gasteiger partial charge in [-0.05, 0) is 35.4 Å². The molecule has 3 N–H and O–H groups in total. The lowest BCUT2D eigenvalue weighted by molar-refractivity contribution is 0.280. The lowest BCUT2D eigenvalue weighted by Gasteiger charge is -2.08. The van der Waals surface area contributed by atoms with E-state index in [0.29, 0.717) is 5.75 Å². The molecule has 0 bridgehead atoms. The second-order valence-electron chi connectivity index (χ2n) is 4.27. The van der Waals surface area contributed by atoms with Gasteiger partial charge in [0, 0.05) is 5.56 Å². The number of rotatable bonds is 5. The number of aliphatic hydroxyl groups excluding tert-OH is 1. The lowest BCUT2D eigenvalue weighted by atomic mass is 10.1. The van der Waals surface area contributed by atoms with Crippen LogP contribution in [0, 0.1) is 5.82 Å². The number of aliphatic hydroxyl groups is 1. The quantitative estimate of drug-likeness (QED) is 0.831. The zero-order valence-corrected chi connectivity index (χ0v) is 11.5. The van der Waals surface area contributed by atoms with Gasteiger partial charge in [-0.15, -0.1) is 0 Å². The molecule has 0 spiro atoms. The highest BCUT2D eigenvalue weighted by atomic mass is 32.1. The largest absolute Gasteiger partial charge is 0.489 e. The summed E-state index contributed by atoms with van der Waals surface area (Å²) in [6.45, 7) is 0.282. The first-order valence-corrected chi connectivity index (χ1v) is 6.42. The third kappa shape index (κ3) is 3.53. The molecule has 104 valence electrons. The molecular weight excluding hydrogens is 277 g/mol. The molecule has 0 aliphatic rings. The van der Waals surface area contributed by atoms with Crippen molar-refractivity contribution in [1.29, 1.82) is 0 Å². The van der Waals surface area contributed by atoms with Crippen LogP contribution in [0.2, 0.25) is 0 Å². The first kappa shape index (κ1) is 14.4. The predicted octanol–water partition coefficient (Wildman–Crippen LogP) is 2.53. The van der Waals surface area contributed by atoms with Gasteiger partial charge in [0.25, 0.3) is 0 Å². The van der Waals surface area contributed by atoms with Crippen LogP contribution in [-0.4, -0.2) is 10.1 Å². The minimum atomic E-state index is -0.437. The molecule has 2 aromatic rings. The van der Waals surface area contributed by atoms with E-state index in [9.17, 15) is 4.39 Å². The molecule has 2 rings (SSSR count). The fourth-order valence-electron chi connectivity index (χ4n) is 1.71. The summed E-state index contributed by atoms with van der Waals surface area (Å²) in [6, 6.07) is 11.6. The van der Waals surface area contributed by atoms with E-state index < -0.39 is 5.82 Å². The minimum absolute atomic E-state index is 0.00442. The Bertz CT molecular complexity index is 614. The molecule has 0 heterocycles. The molecule has 0 fully saturated rings. The van der Waals surface area contributed by atoms with Crippen LogP contribution in [-0.2, 0) is 13.2 Å². The maximum atomic E-state index is 13.4. The fourth-order valence-corrected chi connectivity index (χ4v) is 1.87. The van der Waals surface area contributed by atoms with Crippen LogP contribution in [0.3, 0.4) is 0 Å². The van der Waals surface area contributed by atoms with Gasteiger partial charge >= 0.3 is 0 Å². The van der Waals surface area contributed by atoms with E-state index in [-0.39, 0.29) is 23.8 Å². The molecule has 0 saturated carbocycles. The van der Waals surface area contributed by atoms with Crippen LogP contribution in [0.15, 0.2) is 42.5 Å². The third-order valence-corrected chi connectivity index (χ3v) is 3.03. The molecule has 3 nitrogen and oxygen atoms in total. The lowest BCUT2D eigenvalue weighted by Crippen LogP contribution is -2.12. The third-order valence-electron chi connectivity index (χ3n) is 2.81. The topological polar surface area (TPSA) is 55.5 Å². The second kappa shape index (κ2) is 6.45. The first-order valence-electron chi connectivity index (χ1n) is 6.01. The average Bonchev–Trinajstić information content (AvgIpc) is 2.46. The number of benzene rings is 2. The molecule has 20 heavy (non-hydrogen) atoms. The summed E-state index contributed by atoms with van der Waals surface area (Å²) in [5, 5.41) is 8.94. The van der Waals surface area contributed by atoms with E-state index in [4.69, 9.17) is 27.8 Å². The maximum absolute atomic E-state index is 13.4. The summed E-state index contributed by atoms with van der Waals surface area (Å²) in [4.78, 5) is 0.0247. The maximum Gasteiger partial charge on any atom is 0.133 e. The van der Waals surface area contributed by atoms with Gasteiger partial charge in [0.15, 0.2) is 0 Å². The van der Waals surface area contributed by atoms with Crippen molar-refractivity contribution >= 4 is 17.2 Å². The normalized spacial score (nSPS) is 10.3.